The second-order valence-electron chi connectivity index (χ2n) is 8.66. The zero-order chi connectivity index (χ0) is 22.5. The summed E-state index contributed by atoms with van der Waals surface area (Å²) in [4.78, 5) is 39.7. The number of piperazine rings is 1. The number of aromatic nitrogens is 2. The molecule has 2 amide bonds. The smallest absolute Gasteiger partial charge is 0.253 e. The highest BCUT2D eigenvalue weighted by molar-refractivity contribution is 5.94. The van der Waals surface area contributed by atoms with Crippen molar-refractivity contribution in [2.75, 3.05) is 58.2 Å². The van der Waals surface area contributed by atoms with Crippen molar-refractivity contribution in [3.05, 3.63) is 41.6 Å². The largest absolute Gasteiger partial charge is 0.370 e. The molecule has 4 rings (SSSR count). The van der Waals surface area contributed by atoms with Crippen LogP contribution in [0.5, 0.6) is 0 Å². The van der Waals surface area contributed by atoms with Gasteiger partial charge < -0.3 is 20.0 Å². The van der Waals surface area contributed by atoms with Gasteiger partial charge in [0.2, 0.25) is 5.91 Å². The molecule has 0 aliphatic carbocycles. The molecule has 2 fully saturated rings. The van der Waals surface area contributed by atoms with Crippen molar-refractivity contribution in [2.24, 2.45) is 0 Å². The van der Waals surface area contributed by atoms with Crippen LogP contribution in [0.25, 0.3) is 11.4 Å². The maximum absolute atomic E-state index is 12.8. The van der Waals surface area contributed by atoms with Crippen LogP contribution in [0, 0.1) is 6.92 Å². The first-order valence-electron chi connectivity index (χ1n) is 11.4. The average Bonchev–Trinajstić information content (AvgIpc) is 3.22. The molecule has 32 heavy (non-hydrogen) atoms. The fourth-order valence-corrected chi connectivity index (χ4v) is 4.13. The molecule has 2 aromatic rings. The summed E-state index contributed by atoms with van der Waals surface area (Å²) in [6.45, 7) is 7.73. The van der Waals surface area contributed by atoms with Gasteiger partial charge in [0.1, 0.15) is 5.82 Å². The number of nitrogens with one attached hydrogen (secondary N) is 1. The van der Waals surface area contributed by atoms with E-state index in [2.05, 4.69) is 22.2 Å². The fraction of sp³-hybridized carbons (Fsp3) is 0.500. The third-order valence-corrected chi connectivity index (χ3v) is 6.22. The standard InChI is InChI=1S/C24H32N6O2/c1-18-17-26-23(27-22(18)25-10-4-12-29-11-3-5-21(29)31)19-6-8-20(9-7-19)24(32)30-15-13-28(2)14-16-30/h6-9,17H,3-5,10-16H2,1-2H3,(H,25,26,27). The maximum Gasteiger partial charge on any atom is 0.253 e. The number of benzene rings is 1. The van der Waals surface area contributed by atoms with Crippen LogP contribution in [0.15, 0.2) is 30.5 Å². The van der Waals surface area contributed by atoms with E-state index in [0.717, 1.165) is 75.6 Å². The highest BCUT2D eigenvalue weighted by Gasteiger charge is 2.21. The van der Waals surface area contributed by atoms with E-state index >= 15 is 0 Å². The van der Waals surface area contributed by atoms with E-state index in [9.17, 15) is 9.59 Å². The Bertz CT molecular complexity index is 953. The normalized spacial score (nSPS) is 17.1. The number of nitrogens with zero attached hydrogens (tertiary/aromatic N) is 5. The second-order valence-corrected chi connectivity index (χ2v) is 8.66. The van der Waals surface area contributed by atoms with Gasteiger partial charge in [-0.05, 0) is 38.9 Å². The van der Waals surface area contributed by atoms with E-state index in [4.69, 9.17) is 4.98 Å². The highest BCUT2D eigenvalue weighted by atomic mass is 16.2. The van der Waals surface area contributed by atoms with Gasteiger partial charge in [-0.25, -0.2) is 9.97 Å². The van der Waals surface area contributed by atoms with Gasteiger partial charge in [0, 0.05) is 75.1 Å². The maximum atomic E-state index is 12.8. The van der Waals surface area contributed by atoms with E-state index in [-0.39, 0.29) is 11.8 Å². The predicted octanol–water partition coefficient (Wildman–Crippen LogP) is 2.26. The Kier molecular flexibility index (Phi) is 6.99. The quantitative estimate of drug-likeness (QED) is 0.671. The Morgan fingerprint density at radius 3 is 2.53 bits per heavy atom. The van der Waals surface area contributed by atoms with E-state index in [0.29, 0.717) is 17.8 Å². The van der Waals surface area contributed by atoms with Crippen molar-refractivity contribution >= 4 is 17.6 Å². The summed E-state index contributed by atoms with van der Waals surface area (Å²) in [5.41, 5.74) is 2.55. The number of likely N-dealkylation sites (N-methyl/N-ethyl adjacent to an activating group) is 1. The van der Waals surface area contributed by atoms with Crippen LogP contribution < -0.4 is 5.32 Å². The minimum atomic E-state index is 0.0771. The Balaban J connectivity index is 1.36. The lowest BCUT2D eigenvalue weighted by molar-refractivity contribution is -0.127. The van der Waals surface area contributed by atoms with Gasteiger partial charge in [-0.3, -0.25) is 9.59 Å². The molecule has 2 saturated heterocycles. The first-order valence-corrected chi connectivity index (χ1v) is 11.4. The van der Waals surface area contributed by atoms with Gasteiger partial charge in [-0.1, -0.05) is 12.1 Å². The molecule has 0 spiro atoms. The van der Waals surface area contributed by atoms with E-state index in [1.165, 1.54) is 0 Å². The van der Waals surface area contributed by atoms with Crippen molar-refractivity contribution < 1.29 is 9.59 Å². The first-order chi connectivity index (χ1) is 15.5. The van der Waals surface area contributed by atoms with Crippen LogP contribution in [0.3, 0.4) is 0 Å². The highest BCUT2D eigenvalue weighted by Crippen LogP contribution is 2.20. The van der Waals surface area contributed by atoms with Gasteiger partial charge in [0.15, 0.2) is 5.82 Å². The van der Waals surface area contributed by atoms with Crippen molar-refractivity contribution in [1.29, 1.82) is 0 Å². The predicted molar refractivity (Wildman–Crippen MR) is 125 cm³/mol. The summed E-state index contributed by atoms with van der Waals surface area (Å²) >= 11 is 0. The number of likely N-dealkylation sites (tertiary alicyclic amines) is 1. The van der Waals surface area contributed by atoms with Gasteiger partial charge in [0.25, 0.3) is 5.91 Å². The molecule has 2 aliphatic rings. The second kappa shape index (κ2) is 10.1. The van der Waals surface area contributed by atoms with Gasteiger partial charge in [-0.15, -0.1) is 0 Å². The summed E-state index contributed by atoms with van der Waals surface area (Å²) in [7, 11) is 2.08. The Labute approximate surface area is 189 Å². The molecule has 0 unspecified atom stereocenters. The molecular weight excluding hydrogens is 404 g/mol. The van der Waals surface area contributed by atoms with E-state index in [1.54, 1.807) is 0 Å². The molecule has 1 aromatic heterocycles. The molecule has 0 saturated carbocycles. The zero-order valence-electron chi connectivity index (χ0n) is 19.0. The Morgan fingerprint density at radius 1 is 1.09 bits per heavy atom. The van der Waals surface area contributed by atoms with Crippen LogP contribution in [0.1, 0.15) is 35.2 Å². The summed E-state index contributed by atoms with van der Waals surface area (Å²) in [5.74, 6) is 1.78. The summed E-state index contributed by atoms with van der Waals surface area (Å²) in [5, 5.41) is 3.38. The molecule has 1 aromatic carbocycles. The van der Waals surface area contributed by atoms with Gasteiger partial charge >= 0.3 is 0 Å². The van der Waals surface area contributed by atoms with Crippen LogP contribution in [0.2, 0.25) is 0 Å². The van der Waals surface area contributed by atoms with E-state index in [1.807, 2.05) is 47.2 Å². The zero-order valence-corrected chi connectivity index (χ0v) is 19.0. The fourth-order valence-electron chi connectivity index (χ4n) is 4.13. The number of hydrogen-bond acceptors (Lipinski definition) is 6. The van der Waals surface area contributed by atoms with Crippen molar-refractivity contribution in [3.63, 3.8) is 0 Å². The average molecular weight is 437 g/mol. The van der Waals surface area contributed by atoms with Gasteiger partial charge in [0.05, 0.1) is 0 Å². The SMILES string of the molecule is Cc1cnc(-c2ccc(C(=O)N3CCN(C)CC3)cc2)nc1NCCCN1CCCC1=O. The molecule has 1 N–H and O–H groups in total. The first kappa shape index (κ1) is 22.2. The molecular formula is C24H32N6O2. The molecule has 0 bridgehead atoms. The number of carbonyl (C=O) groups is 2. The molecule has 0 atom stereocenters. The van der Waals surface area contributed by atoms with Crippen molar-refractivity contribution in [2.45, 2.75) is 26.2 Å². The minimum Gasteiger partial charge on any atom is -0.370 e. The summed E-state index contributed by atoms with van der Waals surface area (Å²) < 4.78 is 0. The number of anilines is 1. The third-order valence-electron chi connectivity index (χ3n) is 6.22. The number of aryl methyl sites for hydroxylation is 1. The molecule has 8 nitrogen and oxygen atoms in total. The van der Waals surface area contributed by atoms with Crippen LogP contribution >= 0.6 is 0 Å². The summed E-state index contributed by atoms with van der Waals surface area (Å²) in [6, 6.07) is 7.55. The van der Waals surface area contributed by atoms with Crippen molar-refractivity contribution in [3.8, 4) is 11.4 Å². The van der Waals surface area contributed by atoms with Crippen LogP contribution in [0.4, 0.5) is 5.82 Å². The summed E-state index contributed by atoms with van der Waals surface area (Å²) in [6.07, 6.45) is 4.35. The molecule has 2 aliphatic heterocycles. The van der Waals surface area contributed by atoms with Crippen molar-refractivity contribution in [1.82, 2.24) is 24.7 Å². The van der Waals surface area contributed by atoms with Crippen LogP contribution in [-0.2, 0) is 4.79 Å². The lowest BCUT2D eigenvalue weighted by Crippen LogP contribution is -2.47. The number of rotatable bonds is 7. The van der Waals surface area contributed by atoms with E-state index < -0.39 is 0 Å². The monoisotopic (exact) mass is 436 g/mol. The molecule has 170 valence electrons. The molecule has 3 heterocycles. The van der Waals surface area contributed by atoms with Crippen LogP contribution in [-0.4, -0.2) is 89.3 Å². The van der Waals surface area contributed by atoms with Gasteiger partial charge in [-0.2, -0.15) is 0 Å². The minimum absolute atomic E-state index is 0.0771. The lowest BCUT2D eigenvalue weighted by atomic mass is 10.1. The number of amides is 2. The lowest BCUT2D eigenvalue weighted by Gasteiger charge is -2.32. The Morgan fingerprint density at radius 2 is 1.84 bits per heavy atom. The molecule has 0 radical (unpaired) electrons. The number of hydrogen-bond donors (Lipinski definition) is 1. The number of carbonyl (C=O) groups excluding carboxylic acids is 2. The third kappa shape index (κ3) is 5.24. The molecule has 8 heteroatoms. The Hall–Kier alpha value is -3.00. The topological polar surface area (TPSA) is 81.7 Å².